The van der Waals surface area contributed by atoms with Crippen molar-refractivity contribution in [3.05, 3.63) is 45.4 Å². The third-order valence-electron chi connectivity index (χ3n) is 4.15. The van der Waals surface area contributed by atoms with Gasteiger partial charge in [-0.15, -0.1) is 0 Å². The van der Waals surface area contributed by atoms with Gasteiger partial charge in [0.2, 0.25) is 0 Å². The number of nitrogens with one attached hydrogen (secondary N) is 1. The predicted octanol–water partition coefficient (Wildman–Crippen LogP) is 4.35. The molecule has 1 aliphatic rings. The van der Waals surface area contributed by atoms with Crippen molar-refractivity contribution in [1.82, 2.24) is 10.2 Å². The van der Waals surface area contributed by atoms with Gasteiger partial charge in [-0.05, 0) is 36.1 Å². The van der Waals surface area contributed by atoms with Crippen LogP contribution in [0.1, 0.15) is 38.3 Å². The van der Waals surface area contributed by atoms with E-state index in [9.17, 15) is 0 Å². The third kappa shape index (κ3) is 4.67. The minimum absolute atomic E-state index is 0.321. The van der Waals surface area contributed by atoms with Crippen LogP contribution in [0, 0.1) is 5.41 Å². The number of hydrogen-bond donors (Lipinski definition) is 1. The molecule has 0 aromatic heterocycles. The van der Waals surface area contributed by atoms with Crippen molar-refractivity contribution >= 4 is 15.9 Å². The van der Waals surface area contributed by atoms with Gasteiger partial charge in [-0.1, -0.05) is 60.5 Å². The van der Waals surface area contributed by atoms with Crippen LogP contribution in [0.2, 0.25) is 0 Å². The van der Waals surface area contributed by atoms with Crippen LogP contribution in [0.4, 0.5) is 0 Å². The van der Waals surface area contributed by atoms with Gasteiger partial charge >= 0.3 is 0 Å². The lowest BCUT2D eigenvalue weighted by Gasteiger charge is -2.32. The Kier molecular flexibility index (Phi) is 5.64. The molecule has 1 aromatic carbocycles. The molecule has 1 aromatic rings. The van der Waals surface area contributed by atoms with Crippen LogP contribution in [-0.2, 0) is 13.1 Å². The van der Waals surface area contributed by atoms with E-state index in [0.717, 1.165) is 26.2 Å². The number of benzene rings is 1. The van der Waals surface area contributed by atoms with Crippen LogP contribution < -0.4 is 5.32 Å². The van der Waals surface area contributed by atoms with Gasteiger partial charge in [-0.3, -0.25) is 4.90 Å². The lowest BCUT2D eigenvalue weighted by molar-refractivity contribution is 0.271. The van der Waals surface area contributed by atoms with Crippen LogP contribution in [0.5, 0.6) is 0 Å². The topological polar surface area (TPSA) is 15.3 Å². The molecule has 0 saturated carbocycles. The van der Waals surface area contributed by atoms with E-state index in [1.165, 1.54) is 22.0 Å². The Hall–Kier alpha value is -0.640. The Bertz CT molecular complexity index is 514. The number of halogens is 1. The quantitative estimate of drug-likeness (QED) is 0.812. The van der Waals surface area contributed by atoms with E-state index in [-0.39, 0.29) is 0 Å². The summed E-state index contributed by atoms with van der Waals surface area (Å²) in [7, 11) is 1.98. The fraction of sp³-hybridized carbons (Fsp3) is 0.556. The maximum absolute atomic E-state index is 3.72. The first-order chi connectivity index (χ1) is 9.90. The molecule has 0 atom stereocenters. The second kappa shape index (κ2) is 7.08. The fourth-order valence-corrected chi connectivity index (χ4v) is 3.36. The molecule has 2 nitrogen and oxygen atoms in total. The maximum atomic E-state index is 3.72. The summed E-state index contributed by atoms with van der Waals surface area (Å²) in [6, 6.07) is 6.70. The van der Waals surface area contributed by atoms with Gasteiger partial charge in [0, 0.05) is 30.7 Å². The molecule has 0 spiro atoms. The fourth-order valence-electron chi connectivity index (χ4n) is 2.81. The summed E-state index contributed by atoms with van der Waals surface area (Å²) < 4.78 is 1.22. The molecule has 0 bridgehead atoms. The Balaban J connectivity index is 1.99. The van der Waals surface area contributed by atoms with Gasteiger partial charge < -0.3 is 5.32 Å². The van der Waals surface area contributed by atoms with Crippen molar-refractivity contribution in [2.24, 2.45) is 5.41 Å². The molecule has 0 amide bonds. The first kappa shape index (κ1) is 16.7. The predicted molar refractivity (Wildman–Crippen MR) is 94.3 cm³/mol. The number of rotatable bonds is 4. The molecule has 0 aliphatic carbocycles. The van der Waals surface area contributed by atoms with E-state index in [4.69, 9.17) is 0 Å². The average molecular weight is 351 g/mol. The summed E-state index contributed by atoms with van der Waals surface area (Å²) >= 11 is 3.72. The molecular weight excluding hydrogens is 324 g/mol. The Morgan fingerprint density at radius 2 is 2.05 bits per heavy atom. The molecule has 21 heavy (non-hydrogen) atoms. The molecule has 116 valence electrons. The second-order valence-electron chi connectivity index (χ2n) is 6.92. The van der Waals surface area contributed by atoms with E-state index in [2.05, 4.69) is 71.2 Å². The monoisotopic (exact) mass is 350 g/mol. The molecule has 1 aliphatic heterocycles. The van der Waals surface area contributed by atoms with Crippen LogP contribution in [-0.4, -0.2) is 25.0 Å². The molecule has 3 heteroatoms. The van der Waals surface area contributed by atoms with E-state index >= 15 is 0 Å². The largest absolute Gasteiger partial charge is 0.316 e. The minimum atomic E-state index is 0.321. The lowest BCUT2D eigenvalue weighted by Crippen LogP contribution is -2.31. The van der Waals surface area contributed by atoms with E-state index in [1.807, 2.05) is 7.05 Å². The average Bonchev–Trinajstić information content (AvgIpc) is 2.42. The summed E-state index contributed by atoms with van der Waals surface area (Å²) in [5, 5.41) is 3.19. The Morgan fingerprint density at radius 3 is 2.57 bits per heavy atom. The van der Waals surface area contributed by atoms with Gasteiger partial charge in [-0.25, -0.2) is 0 Å². The summed E-state index contributed by atoms with van der Waals surface area (Å²) in [5.74, 6) is 0. The van der Waals surface area contributed by atoms with Crippen molar-refractivity contribution in [3.63, 3.8) is 0 Å². The molecule has 0 radical (unpaired) electrons. The first-order valence-electron chi connectivity index (χ1n) is 7.74. The molecule has 1 N–H and O–H groups in total. The first-order valence-corrected chi connectivity index (χ1v) is 8.53. The molecule has 2 rings (SSSR count). The zero-order valence-electron chi connectivity index (χ0n) is 13.7. The van der Waals surface area contributed by atoms with Crippen molar-refractivity contribution < 1.29 is 0 Å². The lowest BCUT2D eigenvalue weighted by atomic mass is 9.83. The molecule has 1 heterocycles. The number of hydrogen-bond acceptors (Lipinski definition) is 2. The van der Waals surface area contributed by atoms with Gasteiger partial charge in [-0.2, -0.15) is 0 Å². The third-order valence-corrected chi connectivity index (χ3v) is 4.89. The Labute approximate surface area is 137 Å². The van der Waals surface area contributed by atoms with E-state index in [0.29, 0.717) is 5.41 Å². The van der Waals surface area contributed by atoms with Crippen LogP contribution in [0.3, 0.4) is 0 Å². The van der Waals surface area contributed by atoms with Crippen LogP contribution >= 0.6 is 15.9 Å². The molecule has 0 saturated heterocycles. The SMILES string of the molecule is CNCc1ccc(CN2CC=C(C(C)(C)C)CC2)c(Br)c1. The van der Waals surface area contributed by atoms with Crippen molar-refractivity contribution in [2.75, 3.05) is 20.1 Å². The highest BCUT2D eigenvalue weighted by molar-refractivity contribution is 9.10. The number of nitrogens with zero attached hydrogens (tertiary/aromatic N) is 1. The standard InChI is InChI=1S/C18H27BrN2/c1-18(2,3)16-7-9-21(10-8-16)13-15-6-5-14(12-20-4)11-17(15)19/h5-7,11,20H,8-10,12-13H2,1-4H3. The molecule has 0 fully saturated rings. The van der Waals surface area contributed by atoms with Gasteiger partial charge in [0.15, 0.2) is 0 Å². The highest BCUT2D eigenvalue weighted by atomic mass is 79.9. The highest BCUT2D eigenvalue weighted by Crippen LogP contribution is 2.31. The van der Waals surface area contributed by atoms with Crippen molar-refractivity contribution in [1.29, 1.82) is 0 Å². The highest BCUT2D eigenvalue weighted by Gasteiger charge is 2.21. The summed E-state index contributed by atoms with van der Waals surface area (Å²) in [6.45, 7) is 11.1. The normalized spacial score (nSPS) is 16.9. The smallest absolute Gasteiger partial charge is 0.0248 e. The van der Waals surface area contributed by atoms with Gasteiger partial charge in [0.05, 0.1) is 0 Å². The van der Waals surface area contributed by atoms with Gasteiger partial charge in [0.25, 0.3) is 0 Å². The minimum Gasteiger partial charge on any atom is -0.316 e. The van der Waals surface area contributed by atoms with Crippen LogP contribution in [0.15, 0.2) is 34.3 Å². The summed E-state index contributed by atoms with van der Waals surface area (Å²) in [4.78, 5) is 2.52. The zero-order valence-corrected chi connectivity index (χ0v) is 15.3. The summed E-state index contributed by atoms with van der Waals surface area (Å²) in [6.07, 6.45) is 3.62. The Morgan fingerprint density at radius 1 is 1.29 bits per heavy atom. The van der Waals surface area contributed by atoms with Gasteiger partial charge in [0.1, 0.15) is 0 Å². The maximum Gasteiger partial charge on any atom is 0.0248 e. The zero-order chi connectivity index (χ0) is 15.5. The molecule has 0 unspecified atom stereocenters. The van der Waals surface area contributed by atoms with Crippen molar-refractivity contribution in [2.45, 2.75) is 40.3 Å². The molecular formula is C18H27BrN2. The van der Waals surface area contributed by atoms with Crippen molar-refractivity contribution in [3.8, 4) is 0 Å². The summed E-state index contributed by atoms with van der Waals surface area (Å²) in [5.41, 5.74) is 4.62. The van der Waals surface area contributed by atoms with Crippen LogP contribution in [0.25, 0.3) is 0 Å². The van der Waals surface area contributed by atoms with E-state index in [1.54, 1.807) is 5.57 Å². The van der Waals surface area contributed by atoms with E-state index < -0.39 is 0 Å². The second-order valence-corrected chi connectivity index (χ2v) is 7.77.